The van der Waals surface area contributed by atoms with Crippen molar-refractivity contribution in [2.24, 2.45) is 11.5 Å². The van der Waals surface area contributed by atoms with Gasteiger partial charge in [0.1, 0.15) is 22.0 Å². The van der Waals surface area contributed by atoms with E-state index in [1.165, 1.54) is 18.6 Å². The Morgan fingerprint density at radius 2 is 1.97 bits per heavy atom. The van der Waals surface area contributed by atoms with Gasteiger partial charge in [-0.2, -0.15) is 0 Å². The van der Waals surface area contributed by atoms with Crippen molar-refractivity contribution in [1.29, 1.82) is 0 Å². The van der Waals surface area contributed by atoms with Crippen LogP contribution in [0.15, 0.2) is 56.0 Å². The van der Waals surface area contributed by atoms with Crippen LogP contribution in [0, 0.1) is 0 Å². The Labute approximate surface area is 173 Å². The maximum Gasteiger partial charge on any atom is 0.338 e. The van der Waals surface area contributed by atoms with Crippen molar-refractivity contribution < 1.29 is 23.2 Å². The Hall–Kier alpha value is -3.79. The Morgan fingerprint density at radius 1 is 1.23 bits per heavy atom. The zero-order valence-electron chi connectivity index (χ0n) is 15.8. The van der Waals surface area contributed by atoms with Gasteiger partial charge in [0.2, 0.25) is 5.91 Å². The highest BCUT2D eigenvalue weighted by Gasteiger charge is 2.40. The molecule has 4 rings (SSSR count). The SMILES string of the molecule is CCOC(=O)C1=C(N)n2c(s/c(=C\c3ccco3)c2=O)=C(C(N)=O)C1c1ccco1. The molecule has 0 aliphatic carbocycles. The predicted molar refractivity (Wildman–Crippen MR) is 108 cm³/mol. The van der Waals surface area contributed by atoms with E-state index in [4.69, 9.17) is 25.0 Å². The standard InChI is InChI=1S/C20H17N3O6S/c1-2-27-20(26)14-13(11-6-4-8-29-11)15(17(22)24)19-23(16(14)21)18(25)12(30-19)9-10-5-3-7-28-10/h3-9,13H,2,21H2,1H3,(H2,22,24)/b12-9-. The second-order valence-corrected chi connectivity index (χ2v) is 7.35. The third-order valence-corrected chi connectivity index (χ3v) is 5.66. The van der Waals surface area contributed by atoms with Crippen LogP contribution >= 0.6 is 11.3 Å². The van der Waals surface area contributed by atoms with Crippen molar-refractivity contribution in [3.8, 4) is 0 Å². The average molecular weight is 427 g/mol. The maximum absolute atomic E-state index is 13.1. The molecule has 0 saturated carbocycles. The number of ether oxygens (including phenoxy) is 1. The Bertz CT molecular complexity index is 1330. The summed E-state index contributed by atoms with van der Waals surface area (Å²) in [5, 5.41) is 0. The predicted octanol–water partition coefficient (Wildman–Crippen LogP) is 0.0484. The smallest absolute Gasteiger partial charge is 0.338 e. The van der Waals surface area contributed by atoms with Crippen molar-refractivity contribution in [3.63, 3.8) is 0 Å². The van der Waals surface area contributed by atoms with Gasteiger partial charge in [0.15, 0.2) is 0 Å². The summed E-state index contributed by atoms with van der Waals surface area (Å²) in [4.78, 5) is 38.3. The van der Waals surface area contributed by atoms with E-state index in [0.29, 0.717) is 5.76 Å². The van der Waals surface area contributed by atoms with Crippen LogP contribution < -0.4 is 26.2 Å². The summed E-state index contributed by atoms with van der Waals surface area (Å²) in [6.45, 7) is 1.71. The first kappa shape index (κ1) is 19.5. The van der Waals surface area contributed by atoms with Crippen LogP contribution in [-0.2, 0) is 14.3 Å². The van der Waals surface area contributed by atoms with Crippen LogP contribution in [0.5, 0.6) is 0 Å². The quantitative estimate of drug-likeness (QED) is 0.548. The lowest BCUT2D eigenvalue weighted by molar-refractivity contribution is -0.138. The number of esters is 1. The summed E-state index contributed by atoms with van der Waals surface area (Å²) in [5.41, 5.74) is 11.4. The first-order chi connectivity index (χ1) is 14.4. The van der Waals surface area contributed by atoms with Gasteiger partial charge < -0.3 is 25.0 Å². The normalized spacial score (nSPS) is 16.6. The number of amides is 1. The van der Waals surface area contributed by atoms with Gasteiger partial charge in [-0.25, -0.2) is 4.79 Å². The molecule has 4 N–H and O–H groups in total. The van der Waals surface area contributed by atoms with Gasteiger partial charge in [0, 0.05) is 6.08 Å². The van der Waals surface area contributed by atoms with Gasteiger partial charge in [-0.15, -0.1) is 11.3 Å². The van der Waals surface area contributed by atoms with E-state index in [1.54, 1.807) is 31.2 Å². The fraction of sp³-hybridized carbons (Fsp3) is 0.150. The topological polar surface area (TPSA) is 144 Å². The number of rotatable bonds is 5. The van der Waals surface area contributed by atoms with Gasteiger partial charge in [0.25, 0.3) is 5.56 Å². The summed E-state index contributed by atoms with van der Waals surface area (Å²) in [7, 11) is 0. The van der Waals surface area contributed by atoms with Crippen molar-refractivity contribution in [2.75, 3.05) is 6.61 Å². The third kappa shape index (κ3) is 3.07. The summed E-state index contributed by atoms with van der Waals surface area (Å²) in [6.07, 6.45) is 4.40. The Morgan fingerprint density at radius 3 is 2.57 bits per heavy atom. The Balaban J connectivity index is 2.11. The molecule has 1 atom stereocenters. The molecule has 9 nitrogen and oxygen atoms in total. The molecule has 0 bridgehead atoms. The second kappa shape index (κ2) is 7.56. The lowest BCUT2D eigenvalue weighted by Gasteiger charge is -2.24. The van der Waals surface area contributed by atoms with Gasteiger partial charge in [0.05, 0.1) is 40.7 Å². The highest BCUT2D eigenvalue weighted by atomic mass is 32.1. The van der Waals surface area contributed by atoms with Crippen molar-refractivity contribution in [1.82, 2.24) is 4.57 Å². The molecule has 3 aromatic rings. The van der Waals surface area contributed by atoms with Gasteiger partial charge >= 0.3 is 5.97 Å². The number of fused-ring (bicyclic) bond motifs is 1. The number of carbonyl (C=O) groups is 2. The number of primary amides is 1. The number of nitrogens with two attached hydrogens (primary N) is 2. The van der Waals surface area contributed by atoms with E-state index in [2.05, 4.69) is 0 Å². The van der Waals surface area contributed by atoms with E-state index >= 15 is 0 Å². The van der Waals surface area contributed by atoms with Gasteiger partial charge in [-0.05, 0) is 31.2 Å². The number of carbonyl (C=O) groups excluding carboxylic acids is 2. The molecule has 1 aliphatic rings. The first-order valence-corrected chi connectivity index (χ1v) is 9.77. The fourth-order valence-corrected chi connectivity index (χ4v) is 4.50. The van der Waals surface area contributed by atoms with E-state index in [-0.39, 0.29) is 38.5 Å². The first-order valence-electron chi connectivity index (χ1n) is 8.95. The molecular weight excluding hydrogens is 410 g/mol. The number of nitrogens with zero attached hydrogens (tertiary/aromatic N) is 1. The van der Waals surface area contributed by atoms with Crippen LogP contribution in [0.3, 0.4) is 0 Å². The second-order valence-electron chi connectivity index (χ2n) is 6.32. The molecule has 0 spiro atoms. The van der Waals surface area contributed by atoms with E-state index in [0.717, 1.165) is 15.9 Å². The molecule has 1 amide bonds. The van der Waals surface area contributed by atoms with Crippen molar-refractivity contribution in [3.05, 3.63) is 73.4 Å². The van der Waals surface area contributed by atoms with Crippen LogP contribution in [0.2, 0.25) is 0 Å². The van der Waals surface area contributed by atoms with Crippen LogP contribution in [0.4, 0.5) is 0 Å². The van der Waals surface area contributed by atoms with Gasteiger partial charge in [-0.3, -0.25) is 14.2 Å². The molecule has 0 fully saturated rings. The van der Waals surface area contributed by atoms with Crippen molar-refractivity contribution in [2.45, 2.75) is 12.8 Å². The summed E-state index contributed by atoms with van der Waals surface area (Å²) < 4.78 is 17.4. The monoisotopic (exact) mass is 427 g/mol. The number of hydrogen-bond donors (Lipinski definition) is 2. The van der Waals surface area contributed by atoms with Crippen LogP contribution in [0.1, 0.15) is 24.4 Å². The highest BCUT2D eigenvalue weighted by Crippen LogP contribution is 2.37. The molecule has 1 unspecified atom stereocenters. The van der Waals surface area contributed by atoms with E-state index < -0.39 is 23.4 Å². The molecule has 0 aromatic carbocycles. The van der Waals surface area contributed by atoms with Gasteiger partial charge in [-0.1, -0.05) is 0 Å². The molecule has 3 aromatic heterocycles. The molecular formula is C20H17N3O6S. The summed E-state index contributed by atoms with van der Waals surface area (Å²) >= 11 is 1.02. The zero-order chi connectivity index (χ0) is 21.4. The van der Waals surface area contributed by atoms with Crippen LogP contribution in [-0.4, -0.2) is 23.1 Å². The minimum Gasteiger partial charge on any atom is -0.468 e. The minimum atomic E-state index is -1.01. The molecule has 4 heterocycles. The number of thiazole rings is 1. The van der Waals surface area contributed by atoms with E-state index in [1.807, 2.05) is 0 Å². The molecule has 0 radical (unpaired) electrons. The summed E-state index contributed by atoms with van der Waals surface area (Å²) in [6, 6.07) is 6.56. The van der Waals surface area contributed by atoms with Crippen LogP contribution in [0.25, 0.3) is 17.5 Å². The molecule has 10 heteroatoms. The fourth-order valence-electron chi connectivity index (χ4n) is 3.34. The Kier molecular flexibility index (Phi) is 4.92. The largest absolute Gasteiger partial charge is 0.468 e. The number of furan rings is 2. The number of hydrogen-bond acceptors (Lipinski definition) is 8. The average Bonchev–Trinajstić information content (AvgIpc) is 3.44. The maximum atomic E-state index is 13.1. The third-order valence-electron chi connectivity index (χ3n) is 4.55. The lowest BCUT2D eigenvalue weighted by atomic mass is 9.86. The zero-order valence-corrected chi connectivity index (χ0v) is 16.6. The molecule has 0 saturated heterocycles. The lowest BCUT2D eigenvalue weighted by Crippen LogP contribution is -2.42. The van der Waals surface area contributed by atoms with Crippen molar-refractivity contribution >= 4 is 40.7 Å². The minimum absolute atomic E-state index is 0.0170. The highest BCUT2D eigenvalue weighted by molar-refractivity contribution is 7.07. The molecule has 1 aliphatic heterocycles. The molecule has 30 heavy (non-hydrogen) atoms. The summed E-state index contributed by atoms with van der Waals surface area (Å²) in [5.74, 6) is -2.01. The molecule has 154 valence electrons. The van der Waals surface area contributed by atoms with E-state index in [9.17, 15) is 14.4 Å². The number of aromatic nitrogens is 1.